The molecule has 1 rings (SSSR count). The van der Waals surface area contributed by atoms with Crippen LogP contribution in [-0.4, -0.2) is 25.9 Å². The summed E-state index contributed by atoms with van der Waals surface area (Å²) in [5.74, 6) is 6.57. The molecule has 1 aromatic rings. The summed E-state index contributed by atoms with van der Waals surface area (Å²) >= 11 is 0. The Morgan fingerprint density at radius 1 is 1.32 bits per heavy atom. The Hall–Kier alpha value is -1.10. The van der Waals surface area contributed by atoms with Gasteiger partial charge in [-0.1, -0.05) is 17.7 Å². The Morgan fingerprint density at radius 2 is 2.00 bits per heavy atom. The fourth-order valence-corrected chi connectivity index (χ4v) is 2.20. The van der Waals surface area contributed by atoms with Gasteiger partial charge < -0.3 is 9.47 Å². The molecule has 4 heteroatoms. The van der Waals surface area contributed by atoms with Crippen LogP contribution in [0.1, 0.15) is 31.4 Å². The van der Waals surface area contributed by atoms with Gasteiger partial charge in [0.15, 0.2) is 0 Å². The van der Waals surface area contributed by atoms with Crippen molar-refractivity contribution in [3.63, 3.8) is 0 Å². The van der Waals surface area contributed by atoms with Crippen LogP contribution in [0, 0.1) is 6.92 Å². The molecule has 0 aliphatic heterocycles. The van der Waals surface area contributed by atoms with Gasteiger partial charge in [0.25, 0.3) is 0 Å². The highest BCUT2D eigenvalue weighted by Gasteiger charge is 2.23. The Morgan fingerprint density at radius 3 is 2.53 bits per heavy atom. The van der Waals surface area contributed by atoms with E-state index in [-0.39, 0.29) is 11.6 Å². The highest BCUT2D eigenvalue weighted by molar-refractivity contribution is 5.37. The molecule has 0 aromatic heterocycles. The topological polar surface area (TPSA) is 56.5 Å². The van der Waals surface area contributed by atoms with Gasteiger partial charge in [0.05, 0.1) is 12.7 Å². The smallest absolute Gasteiger partial charge is 0.122 e. The average Bonchev–Trinajstić information content (AvgIpc) is 2.38. The normalized spacial score (nSPS) is 13.4. The van der Waals surface area contributed by atoms with Crippen molar-refractivity contribution in [1.82, 2.24) is 5.43 Å². The number of hydrogen-bond donors (Lipinski definition) is 2. The maximum Gasteiger partial charge on any atom is 0.122 e. The number of methoxy groups -OCH3 is 2. The molecule has 1 aromatic carbocycles. The van der Waals surface area contributed by atoms with E-state index in [1.54, 1.807) is 14.2 Å². The summed E-state index contributed by atoms with van der Waals surface area (Å²) in [6, 6.07) is 6.33. The number of ether oxygens (including phenoxy) is 2. The van der Waals surface area contributed by atoms with Crippen LogP contribution < -0.4 is 16.0 Å². The second kappa shape index (κ2) is 6.89. The minimum Gasteiger partial charge on any atom is -0.496 e. The molecule has 0 aliphatic rings. The first-order valence-corrected chi connectivity index (χ1v) is 6.56. The standard InChI is InChI=1S/C15H26N2O2/c1-11-6-7-14(18-4)12(8-11)9-13(17-16)10-15(2,3)19-5/h6-8,13,17H,9-10,16H2,1-5H3. The van der Waals surface area contributed by atoms with Crippen molar-refractivity contribution in [2.24, 2.45) is 5.84 Å². The fourth-order valence-electron chi connectivity index (χ4n) is 2.20. The Bertz CT molecular complexity index is 405. The van der Waals surface area contributed by atoms with Crippen molar-refractivity contribution in [1.29, 1.82) is 0 Å². The molecule has 19 heavy (non-hydrogen) atoms. The van der Waals surface area contributed by atoms with Crippen LogP contribution in [0.2, 0.25) is 0 Å². The van der Waals surface area contributed by atoms with E-state index >= 15 is 0 Å². The molecular weight excluding hydrogens is 240 g/mol. The maximum atomic E-state index is 5.67. The lowest BCUT2D eigenvalue weighted by Gasteiger charge is -2.28. The van der Waals surface area contributed by atoms with Crippen molar-refractivity contribution >= 4 is 0 Å². The van der Waals surface area contributed by atoms with Crippen LogP contribution in [-0.2, 0) is 11.2 Å². The Kier molecular flexibility index (Phi) is 5.79. The summed E-state index contributed by atoms with van der Waals surface area (Å²) in [7, 11) is 3.42. The zero-order chi connectivity index (χ0) is 14.5. The first-order valence-electron chi connectivity index (χ1n) is 6.56. The van der Waals surface area contributed by atoms with Crippen molar-refractivity contribution in [2.45, 2.75) is 45.3 Å². The zero-order valence-corrected chi connectivity index (χ0v) is 12.6. The zero-order valence-electron chi connectivity index (χ0n) is 12.6. The lowest BCUT2D eigenvalue weighted by Crippen LogP contribution is -2.42. The van der Waals surface area contributed by atoms with E-state index in [4.69, 9.17) is 15.3 Å². The van der Waals surface area contributed by atoms with Crippen molar-refractivity contribution in [3.05, 3.63) is 29.3 Å². The van der Waals surface area contributed by atoms with Gasteiger partial charge in [-0.2, -0.15) is 0 Å². The van der Waals surface area contributed by atoms with E-state index < -0.39 is 0 Å². The third-order valence-corrected chi connectivity index (χ3v) is 3.43. The van der Waals surface area contributed by atoms with Crippen molar-refractivity contribution < 1.29 is 9.47 Å². The SMILES string of the molecule is COc1ccc(C)cc1CC(CC(C)(C)OC)NN. The van der Waals surface area contributed by atoms with E-state index in [0.717, 1.165) is 24.2 Å². The van der Waals surface area contributed by atoms with Gasteiger partial charge in [-0.3, -0.25) is 11.3 Å². The van der Waals surface area contributed by atoms with Crippen LogP contribution in [0.5, 0.6) is 5.75 Å². The van der Waals surface area contributed by atoms with Gasteiger partial charge in [-0.05, 0) is 45.2 Å². The number of aryl methyl sites for hydroxylation is 1. The Balaban J connectivity index is 2.83. The second-order valence-electron chi connectivity index (χ2n) is 5.55. The molecule has 4 nitrogen and oxygen atoms in total. The molecule has 3 N–H and O–H groups in total. The summed E-state index contributed by atoms with van der Waals surface area (Å²) in [6.07, 6.45) is 1.64. The van der Waals surface area contributed by atoms with E-state index in [1.165, 1.54) is 5.56 Å². The Labute approximate surface area is 116 Å². The monoisotopic (exact) mass is 266 g/mol. The van der Waals surface area contributed by atoms with Crippen LogP contribution in [0.15, 0.2) is 18.2 Å². The molecule has 0 amide bonds. The van der Waals surface area contributed by atoms with Gasteiger partial charge in [0.1, 0.15) is 5.75 Å². The third-order valence-electron chi connectivity index (χ3n) is 3.43. The highest BCUT2D eigenvalue weighted by Crippen LogP contribution is 2.24. The molecular formula is C15H26N2O2. The second-order valence-corrected chi connectivity index (χ2v) is 5.55. The molecule has 0 radical (unpaired) electrons. The van der Waals surface area contributed by atoms with Crippen LogP contribution in [0.3, 0.4) is 0 Å². The van der Waals surface area contributed by atoms with E-state index in [2.05, 4.69) is 32.3 Å². The molecule has 0 saturated heterocycles. The quantitative estimate of drug-likeness (QED) is 0.587. The number of rotatable bonds is 7. The fraction of sp³-hybridized carbons (Fsp3) is 0.600. The van der Waals surface area contributed by atoms with Gasteiger partial charge in [0.2, 0.25) is 0 Å². The molecule has 108 valence electrons. The first-order chi connectivity index (χ1) is 8.91. The predicted molar refractivity (Wildman–Crippen MR) is 78.3 cm³/mol. The molecule has 0 aliphatic carbocycles. The molecule has 0 spiro atoms. The number of nitrogens with two attached hydrogens (primary N) is 1. The minimum atomic E-state index is -0.200. The summed E-state index contributed by atoms with van der Waals surface area (Å²) in [6.45, 7) is 6.20. The molecule has 0 bridgehead atoms. The maximum absolute atomic E-state index is 5.67. The van der Waals surface area contributed by atoms with Gasteiger partial charge in [0, 0.05) is 13.2 Å². The van der Waals surface area contributed by atoms with Crippen LogP contribution in [0.4, 0.5) is 0 Å². The van der Waals surface area contributed by atoms with E-state index in [9.17, 15) is 0 Å². The number of hydrazine groups is 1. The summed E-state index contributed by atoms with van der Waals surface area (Å²) in [5, 5.41) is 0. The van der Waals surface area contributed by atoms with Gasteiger partial charge >= 0.3 is 0 Å². The predicted octanol–water partition coefficient (Wildman–Crippen LogP) is 2.19. The third kappa shape index (κ3) is 4.82. The van der Waals surface area contributed by atoms with Crippen LogP contribution >= 0.6 is 0 Å². The lowest BCUT2D eigenvalue weighted by molar-refractivity contribution is 0.00706. The summed E-state index contributed by atoms with van der Waals surface area (Å²) in [5.41, 5.74) is 5.06. The van der Waals surface area contributed by atoms with Gasteiger partial charge in [-0.25, -0.2) is 0 Å². The first kappa shape index (κ1) is 16.0. The number of hydrogen-bond acceptors (Lipinski definition) is 4. The molecule has 0 heterocycles. The average molecular weight is 266 g/mol. The van der Waals surface area contributed by atoms with Gasteiger partial charge in [-0.15, -0.1) is 0 Å². The number of benzene rings is 1. The van der Waals surface area contributed by atoms with Crippen LogP contribution in [0.25, 0.3) is 0 Å². The largest absolute Gasteiger partial charge is 0.496 e. The highest BCUT2D eigenvalue weighted by atomic mass is 16.5. The summed E-state index contributed by atoms with van der Waals surface area (Å²) in [4.78, 5) is 0. The molecule has 1 atom stereocenters. The molecule has 1 unspecified atom stereocenters. The molecule has 0 saturated carbocycles. The van der Waals surface area contributed by atoms with E-state index in [1.807, 2.05) is 12.1 Å². The summed E-state index contributed by atoms with van der Waals surface area (Å²) < 4.78 is 10.9. The van der Waals surface area contributed by atoms with E-state index in [0.29, 0.717) is 0 Å². The minimum absolute atomic E-state index is 0.144. The molecule has 0 fully saturated rings. The lowest BCUT2D eigenvalue weighted by atomic mass is 9.93. The number of nitrogens with one attached hydrogen (secondary N) is 1. The van der Waals surface area contributed by atoms with Crippen molar-refractivity contribution in [2.75, 3.05) is 14.2 Å². The van der Waals surface area contributed by atoms with Crippen molar-refractivity contribution in [3.8, 4) is 5.75 Å².